The highest BCUT2D eigenvalue weighted by Gasteiger charge is 2.26. The second kappa shape index (κ2) is 2.86. The van der Waals surface area contributed by atoms with E-state index in [0.29, 0.717) is 5.92 Å². The van der Waals surface area contributed by atoms with Gasteiger partial charge in [0.15, 0.2) is 0 Å². The average molecular weight is 201 g/mol. The van der Waals surface area contributed by atoms with Gasteiger partial charge in [-0.2, -0.15) is 0 Å². The van der Waals surface area contributed by atoms with Gasteiger partial charge in [-0.15, -0.1) is 0 Å². The molecule has 3 nitrogen and oxygen atoms in total. The Bertz CT molecular complexity index is 538. The molecule has 3 heteroatoms. The molecule has 1 aromatic heterocycles. The van der Waals surface area contributed by atoms with E-state index >= 15 is 0 Å². The molecule has 76 valence electrons. The minimum atomic E-state index is -0.895. The Labute approximate surface area is 86.7 Å². The number of rotatable bonds is 2. The second-order valence-electron chi connectivity index (χ2n) is 4.07. The molecule has 1 fully saturated rings. The van der Waals surface area contributed by atoms with Crippen LogP contribution in [0.4, 0.5) is 0 Å². The van der Waals surface area contributed by atoms with Gasteiger partial charge in [0, 0.05) is 10.9 Å². The normalized spacial score (nSPS) is 15.7. The monoisotopic (exact) mass is 201 g/mol. The molecule has 1 aliphatic rings. The van der Waals surface area contributed by atoms with E-state index in [1.54, 1.807) is 6.07 Å². The summed E-state index contributed by atoms with van der Waals surface area (Å²) in [6.45, 7) is 0. The molecule has 0 amide bonds. The number of aromatic amines is 1. The molecule has 0 atom stereocenters. The fourth-order valence-electron chi connectivity index (χ4n) is 2.03. The first kappa shape index (κ1) is 8.53. The van der Waals surface area contributed by atoms with Crippen molar-refractivity contribution in [3.63, 3.8) is 0 Å². The first-order valence-electron chi connectivity index (χ1n) is 5.10. The molecule has 0 saturated heterocycles. The lowest BCUT2D eigenvalue weighted by Crippen LogP contribution is -1.95. The highest BCUT2D eigenvalue weighted by Crippen LogP contribution is 2.42. The summed E-state index contributed by atoms with van der Waals surface area (Å²) in [5.41, 5.74) is 2.54. The summed E-state index contributed by atoms with van der Waals surface area (Å²) in [5.74, 6) is -0.262. The standard InChI is InChI=1S/C12H11NO2/c14-12(15)10-6-8-2-1-3-9(7-4-5-7)11(8)13-10/h1-3,6-7,13H,4-5H2,(H,14,15). The van der Waals surface area contributed by atoms with Gasteiger partial charge in [-0.1, -0.05) is 18.2 Å². The van der Waals surface area contributed by atoms with Crippen LogP contribution in [0.5, 0.6) is 0 Å². The number of benzene rings is 1. The van der Waals surface area contributed by atoms with Crippen molar-refractivity contribution in [1.29, 1.82) is 0 Å². The molecule has 2 aromatic rings. The molecule has 0 aliphatic heterocycles. The summed E-state index contributed by atoms with van der Waals surface area (Å²) in [5, 5.41) is 9.90. The predicted molar refractivity (Wildman–Crippen MR) is 57.2 cm³/mol. The second-order valence-corrected chi connectivity index (χ2v) is 4.07. The van der Waals surface area contributed by atoms with E-state index in [4.69, 9.17) is 5.11 Å². The molecular formula is C12H11NO2. The summed E-state index contributed by atoms with van der Waals surface area (Å²) >= 11 is 0. The fraction of sp³-hybridized carbons (Fsp3) is 0.250. The Hall–Kier alpha value is -1.77. The summed E-state index contributed by atoms with van der Waals surface area (Å²) in [7, 11) is 0. The smallest absolute Gasteiger partial charge is 0.352 e. The first-order chi connectivity index (χ1) is 7.25. The Balaban J connectivity index is 2.24. The lowest BCUT2D eigenvalue weighted by molar-refractivity contribution is 0.0691. The number of para-hydroxylation sites is 1. The van der Waals surface area contributed by atoms with Crippen LogP contribution < -0.4 is 0 Å². The highest BCUT2D eigenvalue weighted by molar-refractivity contribution is 5.95. The van der Waals surface area contributed by atoms with Gasteiger partial charge >= 0.3 is 5.97 Å². The molecule has 3 rings (SSSR count). The lowest BCUT2D eigenvalue weighted by Gasteiger charge is -1.99. The molecular weight excluding hydrogens is 190 g/mol. The van der Waals surface area contributed by atoms with Crippen LogP contribution in [-0.2, 0) is 0 Å². The summed E-state index contributed by atoms with van der Waals surface area (Å²) < 4.78 is 0. The third kappa shape index (κ3) is 1.31. The van der Waals surface area contributed by atoms with Crippen molar-refractivity contribution >= 4 is 16.9 Å². The van der Waals surface area contributed by atoms with Gasteiger partial charge in [0.1, 0.15) is 5.69 Å². The third-order valence-electron chi connectivity index (χ3n) is 2.94. The summed E-state index contributed by atoms with van der Waals surface area (Å²) in [4.78, 5) is 13.8. The Morgan fingerprint density at radius 1 is 1.40 bits per heavy atom. The number of H-pyrrole nitrogens is 1. The van der Waals surface area contributed by atoms with Crippen molar-refractivity contribution in [2.24, 2.45) is 0 Å². The minimum Gasteiger partial charge on any atom is -0.477 e. The SMILES string of the molecule is O=C(O)c1cc2cccc(C3CC3)c2[nH]1. The first-order valence-corrected chi connectivity index (χ1v) is 5.10. The maximum Gasteiger partial charge on any atom is 0.352 e. The van der Waals surface area contributed by atoms with E-state index in [-0.39, 0.29) is 5.69 Å². The molecule has 0 radical (unpaired) electrons. The van der Waals surface area contributed by atoms with Crippen LogP contribution in [-0.4, -0.2) is 16.1 Å². The summed E-state index contributed by atoms with van der Waals surface area (Å²) in [6, 6.07) is 7.73. The number of carbonyl (C=O) groups is 1. The van der Waals surface area contributed by atoms with E-state index < -0.39 is 5.97 Å². The van der Waals surface area contributed by atoms with Crippen LogP contribution in [0.1, 0.15) is 34.8 Å². The lowest BCUT2D eigenvalue weighted by atomic mass is 10.1. The number of nitrogens with one attached hydrogen (secondary N) is 1. The van der Waals surface area contributed by atoms with Gasteiger partial charge in [0.05, 0.1) is 0 Å². The molecule has 1 saturated carbocycles. The van der Waals surface area contributed by atoms with Gasteiger partial charge < -0.3 is 10.1 Å². The molecule has 0 bridgehead atoms. The zero-order valence-electron chi connectivity index (χ0n) is 8.16. The Morgan fingerprint density at radius 2 is 2.20 bits per heavy atom. The van der Waals surface area contributed by atoms with Crippen LogP contribution >= 0.6 is 0 Å². The van der Waals surface area contributed by atoms with Gasteiger partial charge in [0.2, 0.25) is 0 Å². The number of carboxylic acids is 1. The van der Waals surface area contributed by atoms with Crippen molar-refractivity contribution in [2.75, 3.05) is 0 Å². The maximum atomic E-state index is 10.8. The number of aromatic nitrogens is 1. The molecule has 1 heterocycles. The number of aromatic carboxylic acids is 1. The van der Waals surface area contributed by atoms with Crippen molar-refractivity contribution in [2.45, 2.75) is 18.8 Å². The number of carboxylic acid groups (broad SMARTS) is 1. The quantitative estimate of drug-likeness (QED) is 0.784. The van der Waals surface area contributed by atoms with Crippen LogP contribution in [0.2, 0.25) is 0 Å². The molecule has 1 aliphatic carbocycles. The van der Waals surface area contributed by atoms with Crippen LogP contribution in [0, 0.1) is 0 Å². The molecule has 0 spiro atoms. The van der Waals surface area contributed by atoms with Crippen molar-refractivity contribution in [3.05, 3.63) is 35.5 Å². The Morgan fingerprint density at radius 3 is 2.87 bits per heavy atom. The molecule has 15 heavy (non-hydrogen) atoms. The molecule has 1 aromatic carbocycles. The van der Waals surface area contributed by atoms with Gasteiger partial charge in [-0.05, 0) is 30.4 Å². The van der Waals surface area contributed by atoms with E-state index in [9.17, 15) is 4.79 Å². The molecule has 0 unspecified atom stereocenters. The topological polar surface area (TPSA) is 53.1 Å². The largest absolute Gasteiger partial charge is 0.477 e. The number of fused-ring (bicyclic) bond motifs is 1. The van der Waals surface area contributed by atoms with Gasteiger partial charge in [0.25, 0.3) is 0 Å². The zero-order valence-corrected chi connectivity index (χ0v) is 8.16. The Kier molecular flexibility index (Phi) is 1.63. The maximum absolute atomic E-state index is 10.8. The third-order valence-corrected chi connectivity index (χ3v) is 2.94. The van der Waals surface area contributed by atoms with E-state index in [0.717, 1.165) is 10.9 Å². The number of hydrogen-bond acceptors (Lipinski definition) is 1. The van der Waals surface area contributed by atoms with Crippen molar-refractivity contribution in [3.8, 4) is 0 Å². The van der Waals surface area contributed by atoms with Gasteiger partial charge in [-0.3, -0.25) is 0 Å². The van der Waals surface area contributed by atoms with Crippen LogP contribution in [0.3, 0.4) is 0 Å². The van der Waals surface area contributed by atoms with E-state index in [2.05, 4.69) is 11.1 Å². The van der Waals surface area contributed by atoms with Crippen molar-refractivity contribution < 1.29 is 9.90 Å². The van der Waals surface area contributed by atoms with Crippen LogP contribution in [0.25, 0.3) is 10.9 Å². The van der Waals surface area contributed by atoms with Gasteiger partial charge in [-0.25, -0.2) is 4.79 Å². The average Bonchev–Trinajstić information content (AvgIpc) is 2.95. The summed E-state index contributed by atoms with van der Waals surface area (Å²) in [6.07, 6.45) is 2.45. The number of hydrogen-bond donors (Lipinski definition) is 2. The van der Waals surface area contributed by atoms with E-state index in [1.807, 2.05) is 12.1 Å². The zero-order chi connectivity index (χ0) is 10.4. The predicted octanol–water partition coefficient (Wildman–Crippen LogP) is 2.74. The highest BCUT2D eigenvalue weighted by atomic mass is 16.4. The van der Waals surface area contributed by atoms with E-state index in [1.165, 1.54) is 18.4 Å². The minimum absolute atomic E-state index is 0.276. The molecule has 2 N–H and O–H groups in total. The fourth-order valence-corrected chi connectivity index (χ4v) is 2.03. The van der Waals surface area contributed by atoms with Crippen LogP contribution in [0.15, 0.2) is 24.3 Å². The van der Waals surface area contributed by atoms with Crippen molar-refractivity contribution in [1.82, 2.24) is 4.98 Å².